The van der Waals surface area contributed by atoms with E-state index in [0.29, 0.717) is 18.5 Å². The molecule has 26 heavy (non-hydrogen) atoms. The molecule has 5 heterocycles. The summed E-state index contributed by atoms with van der Waals surface area (Å²) in [5.74, 6) is 3.53. The molecular formula is C17H18N8O. The average Bonchev–Trinajstić information content (AvgIpc) is 3.24. The van der Waals surface area contributed by atoms with Crippen molar-refractivity contribution in [3.63, 3.8) is 0 Å². The largest absolute Gasteiger partial charge is 0.373 e. The van der Waals surface area contributed by atoms with Crippen molar-refractivity contribution >= 4 is 22.9 Å². The van der Waals surface area contributed by atoms with Crippen LogP contribution in [0.5, 0.6) is 0 Å². The van der Waals surface area contributed by atoms with Gasteiger partial charge in [-0.2, -0.15) is 0 Å². The highest BCUT2D eigenvalue weighted by atomic mass is 16.5. The van der Waals surface area contributed by atoms with Crippen molar-refractivity contribution in [1.82, 2.24) is 29.5 Å². The number of ether oxygens (including phenoxy) is 1. The molecule has 3 aromatic heterocycles. The lowest BCUT2D eigenvalue weighted by atomic mass is 10.2. The van der Waals surface area contributed by atoms with Crippen molar-refractivity contribution in [3.8, 4) is 11.4 Å². The van der Waals surface area contributed by atoms with E-state index in [1.54, 1.807) is 12.4 Å². The minimum Gasteiger partial charge on any atom is -0.373 e. The topological polar surface area (TPSA) is 108 Å². The zero-order valence-corrected chi connectivity index (χ0v) is 14.2. The van der Waals surface area contributed by atoms with Crippen LogP contribution >= 0.6 is 0 Å². The van der Waals surface area contributed by atoms with Crippen LogP contribution in [-0.4, -0.2) is 48.7 Å². The number of nitrogens with zero attached hydrogens (tertiary/aromatic N) is 7. The fourth-order valence-electron chi connectivity index (χ4n) is 3.95. The van der Waals surface area contributed by atoms with Crippen molar-refractivity contribution in [2.45, 2.75) is 32.0 Å². The van der Waals surface area contributed by atoms with Gasteiger partial charge >= 0.3 is 0 Å². The molecule has 0 spiro atoms. The van der Waals surface area contributed by atoms with Crippen LogP contribution < -0.4 is 10.6 Å². The second-order valence-corrected chi connectivity index (χ2v) is 7.17. The summed E-state index contributed by atoms with van der Waals surface area (Å²) in [6.07, 6.45) is 5.55. The summed E-state index contributed by atoms with van der Waals surface area (Å²) >= 11 is 0. The van der Waals surface area contributed by atoms with E-state index in [1.807, 2.05) is 0 Å². The SMILES string of the molecule is Nc1ncc(-c2nc(N3CC4CC43)c3nc4n(c3n2)CCCOC4)cn1. The molecule has 3 aliphatic rings. The molecule has 6 rings (SSSR count). The Morgan fingerprint density at radius 3 is 2.81 bits per heavy atom. The molecule has 0 radical (unpaired) electrons. The van der Waals surface area contributed by atoms with Crippen LogP contribution in [0.3, 0.4) is 0 Å². The summed E-state index contributed by atoms with van der Waals surface area (Å²) in [6.45, 7) is 3.17. The predicted molar refractivity (Wildman–Crippen MR) is 94.3 cm³/mol. The standard InChI is InChI=1S/C17H18N8O/c18-17-19-5-10(6-20-17)14-22-15-13(16(23-14)25-7-9-4-11(9)25)21-12-8-26-3-1-2-24(12)15/h5-6,9,11H,1-4,7-8H2,(H2,18,19,20). The molecule has 2 unspecified atom stereocenters. The van der Waals surface area contributed by atoms with Crippen molar-refractivity contribution in [1.29, 1.82) is 0 Å². The summed E-state index contributed by atoms with van der Waals surface area (Å²) in [4.78, 5) is 25.0. The Morgan fingerprint density at radius 2 is 2.04 bits per heavy atom. The van der Waals surface area contributed by atoms with Crippen LogP contribution in [0.15, 0.2) is 12.4 Å². The first-order valence-corrected chi connectivity index (χ1v) is 8.97. The normalized spacial score (nSPS) is 23.9. The van der Waals surface area contributed by atoms with Gasteiger partial charge in [0, 0.05) is 38.1 Å². The second kappa shape index (κ2) is 5.10. The van der Waals surface area contributed by atoms with Gasteiger partial charge in [-0.1, -0.05) is 0 Å². The number of anilines is 2. The van der Waals surface area contributed by atoms with E-state index in [0.717, 1.165) is 60.4 Å². The zero-order valence-electron chi connectivity index (χ0n) is 14.2. The molecular weight excluding hydrogens is 332 g/mol. The summed E-state index contributed by atoms with van der Waals surface area (Å²) in [6, 6.07) is 0.612. The van der Waals surface area contributed by atoms with Gasteiger partial charge in [-0.25, -0.2) is 24.9 Å². The second-order valence-electron chi connectivity index (χ2n) is 7.17. The van der Waals surface area contributed by atoms with E-state index in [4.69, 9.17) is 25.4 Å². The molecule has 9 heteroatoms. The highest BCUT2D eigenvalue weighted by Crippen LogP contribution is 2.49. The molecule has 9 nitrogen and oxygen atoms in total. The van der Waals surface area contributed by atoms with Crippen molar-refractivity contribution in [2.75, 3.05) is 23.8 Å². The maximum atomic E-state index is 5.67. The van der Waals surface area contributed by atoms with Crippen LogP contribution in [0.1, 0.15) is 18.7 Å². The fourth-order valence-corrected chi connectivity index (χ4v) is 3.95. The lowest BCUT2D eigenvalue weighted by Gasteiger charge is -2.31. The predicted octanol–water partition coefficient (Wildman–Crippen LogP) is 0.994. The third-order valence-electron chi connectivity index (χ3n) is 5.48. The monoisotopic (exact) mass is 350 g/mol. The van der Waals surface area contributed by atoms with E-state index in [2.05, 4.69) is 19.4 Å². The summed E-state index contributed by atoms with van der Waals surface area (Å²) in [5, 5.41) is 0. The van der Waals surface area contributed by atoms with Gasteiger partial charge in [-0.15, -0.1) is 0 Å². The van der Waals surface area contributed by atoms with Gasteiger partial charge in [0.05, 0.1) is 5.56 Å². The van der Waals surface area contributed by atoms with Gasteiger partial charge in [-0.3, -0.25) is 0 Å². The van der Waals surface area contributed by atoms with Crippen LogP contribution in [0, 0.1) is 5.92 Å². The molecule has 2 fully saturated rings. The van der Waals surface area contributed by atoms with Crippen molar-refractivity contribution < 1.29 is 4.74 Å². The molecule has 132 valence electrons. The number of aromatic nitrogens is 6. The number of nitrogens with two attached hydrogens (primary N) is 1. The Balaban J connectivity index is 1.57. The van der Waals surface area contributed by atoms with Gasteiger partial charge in [0.1, 0.15) is 12.4 Å². The lowest BCUT2D eigenvalue weighted by molar-refractivity contribution is 0.122. The molecule has 0 amide bonds. The van der Waals surface area contributed by atoms with Gasteiger partial charge in [0.15, 0.2) is 22.8 Å². The number of imidazole rings is 1. The van der Waals surface area contributed by atoms with Crippen LogP contribution in [0.2, 0.25) is 0 Å². The smallest absolute Gasteiger partial charge is 0.219 e. The van der Waals surface area contributed by atoms with Crippen molar-refractivity contribution in [3.05, 3.63) is 18.2 Å². The van der Waals surface area contributed by atoms with Gasteiger partial charge < -0.3 is 19.9 Å². The summed E-state index contributed by atoms with van der Waals surface area (Å²) in [7, 11) is 0. The van der Waals surface area contributed by atoms with E-state index >= 15 is 0 Å². The number of aryl methyl sites for hydroxylation is 1. The van der Waals surface area contributed by atoms with Gasteiger partial charge in [0.25, 0.3) is 0 Å². The minimum absolute atomic E-state index is 0.244. The number of hydrogen-bond donors (Lipinski definition) is 1. The minimum atomic E-state index is 0.244. The molecule has 0 bridgehead atoms. The van der Waals surface area contributed by atoms with Gasteiger partial charge in [-0.05, 0) is 18.8 Å². The third-order valence-corrected chi connectivity index (χ3v) is 5.48. The fraction of sp³-hybridized carbons (Fsp3) is 0.471. The van der Waals surface area contributed by atoms with E-state index < -0.39 is 0 Å². The molecule has 2 atom stereocenters. The quantitative estimate of drug-likeness (QED) is 0.729. The summed E-state index contributed by atoms with van der Waals surface area (Å²) < 4.78 is 7.84. The Bertz CT molecular complexity index is 1010. The average molecular weight is 350 g/mol. The van der Waals surface area contributed by atoms with Crippen LogP contribution in [0.4, 0.5) is 11.8 Å². The maximum absolute atomic E-state index is 5.67. The molecule has 1 aliphatic carbocycles. The molecule has 2 N–H and O–H groups in total. The Labute approximate surface area is 149 Å². The Hall–Kier alpha value is -2.81. The first kappa shape index (κ1) is 14.4. The van der Waals surface area contributed by atoms with Crippen LogP contribution in [-0.2, 0) is 17.9 Å². The summed E-state index contributed by atoms with van der Waals surface area (Å²) in [5.41, 5.74) is 8.12. The van der Waals surface area contributed by atoms with E-state index in [-0.39, 0.29) is 5.95 Å². The van der Waals surface area contributed by atoms with E-state index in [9.17, 15) is 0 Å². The Kier molecular flexibility index (Phi) is 2.82. The molecule has 1 saturated carbocycles. The zero-order chi connectivity index (χ0) is 17.3. The highest BCUT2D eigenvalue weighted by Gasteiger charge is 2.53. The van der Waals surface area contributed by atoms with Crippen LogP contribution in [0.25, 0.3) is 22.6 Å². The molecule has 3 aromatic rings. The maximum Gasteiger partial charge on any atom is 0.219 e. The highest BCUT2D eigenvalue weighted by molar-refractivity contribution is 5.87. The first-order valence-electron chi connectivity index (χ1n) is 8.97. The lowest BCUT2D eigenvalue weighted by Crippen LogP contribution is -2.40. The number of hydrogen-bond acceptors (Lipinski definition) is 8. The number of fused-ring (bicyclic) bond motifs is 4. The molecule has 0 aromatic carbocycles. The van der Waals surface area contributed by atoms with Crippen molar-refractivity contribution in [2.24, 2.45) is 5.92 Å². The first-order chi connectivity index (χ1) is 12.8. The Morgan fingerprint density at radius 1 is 1.15 bits per heavy atom. The number of nitrogen functional groups attached to an aromatic ring is 1. The third kappa shape index (κ3) is 2.03. The molecule has 1 saturated heterocycles. The van der Waals surface area contributed by atoms with Gasteiger partial charge in [0.2, 0.25) is 5.95 Å². The number of rotatable bonds is 2. The molecule has 2 aliphatic heterocycles. The van der Waals surface area contributed by atoms with E-state index in [1.165, 1.54) is 6.42 Å².